The van der Waals surface area contributed by atoms with Crippen molar-refractivity contribution >= 4 is 17.7 Å². The Hall–Kier alpha value is -1.07. The predicted octanol–water partition coefficient (Wildman–Crippen LogP) is 1.43. The fourth-order valence-electron chi connectivity index (χ4n) is 2.57. The Morgan fingerprint density at radius 2 is 2.44 bits per heavy atom. The number of nitrogens with zero attached hydrogens (tertiary/aromatic N) is 2. The molecule has 0 saturated carbocycles. The van der Waals surface area contributed by atoms with Gasteiger partial charge in [-0.2, -0.15) is 11.8 Å². The van der Waals surface area contributed by atoms with Crippen LogP contribution < -0.4 is 0 Å². The minimum atomic E-state index is 0.0628. The molecular weight excluding hydrogens is 248 g/mol. The number of fused-ring (bicyclic) bond motifs is 1. The number of pyridine rings is 1. The molecular formula is C13H16N2O2S. The number of hydrogen-bond donors (Lipinski definition) is 0. The molecule has 2 atom stereocenters. The van der Waals surface area contributed by atoms with Crippen LogP contribution >= 0.6 is 11.8 Å². The van der Waals surface area contributed by atoms with Crippen molar-refractivity contribution in [2.75, 3.05) is 25.5 Å². The zero-order chi connectivity index (χ0) is 12.4. The Morgan fingerprint density at radius 1 is 1.50 bits per heavy atom. The predicted molar refractivity (Wildman–Crippen MR) is 70.7 cm³/mol. The molecule has 0 bridgehead atoms. The van der Waals surface area contributed by atoms with E-state index in [1.807, 2.05) is 28.8 Å². The van der Waals surface area contributed by atoms with Crippen LogP contribution in [0.2, 0.25) is 0 Å². The van der Waals surface area contributed by atoms with Crippen LogP contribution in [0.1, 0.15) is 16.9 Å². The van der Waals surface area contributed by atoms with Gasteiger partial charge in [0.15, 0.2) is 0 Å². The topological polar surface area (TPSA) is 42.4 Å². The van der Waals surface area contributed by atoms with Gasteiger partial charge >= 0.3 is 0 Å². The standard InChI is InChI=1S/C13H16N2O2S/c16-13(10-3-1-2-5-14-10)15-6-8-18-12-9-17-7-4-11(12)15/h1-3,5,11-12H,4,6-9H2. The Bertz CT molecular complexity index is 424. The third-order valence-electron chi connectivity index (χ3n) is 3.48. The minimum absolute atomic E-state index is 0.0628. The number of aromatic nitrogens is 1. The molecule has 4 nitrogen and oxygen atoms in total. The molecule has 96 valence electrons. The Kier molecular flexibility index (Phi) is 3.52. The first kappa shape index (κ1) is 12.0. The minimum Gasteiger partial charge on any atom is -0.380 e. The summed E-state index contributed by atoms with van der Waals surface area (Å²) in [5.74, 6) is 1.05. The molecule has 2 aliphatic heterocycles. The van der Waals surface area contributed by atoms with Crippen molar-refractivity contribution in [3.05, 3.63) is 30.1 Å². The first-order chi connectivity index (χ1) is 8.86. The average Bonchev–Trinajstić information content (AvgIpc) is 2.47. The maximum atomic E-state index is 12.5. The largest absolute Gasteiger partial charge is 0.380 e. The summed E-state index contributed by atoms with van der Waals surface area (Å²) in [6.45, 7) is 2.34. The first-order valence-electron chi connectivity index (χ1n) is 6.27. The molecule has 5 heteroatoms. The van der Waals surface area contributed by atoms with Gasteiger partial charge in [0.25, 0.3) is 5.91 Å². The summed E-state index contributed by atoms with van der Waals surface area (Å²) in [5, 5.41) is 0.431. The second-order valence-corrected chi connectivity index (χ2v) is 5.90. The lowest BCUT2D eigenvalue weighted by Gasteiger charge is -2.43. The number of rotatable bonds is 1. The molecule has 0 N–H and O–H groups in total. The zero-order valence-electron chi connectivity index (χ0n) is 10.1. The van der Waals surface area contributed by atoms with Crippen molar-refractivity contribution in [1.29, 1.82) is 0 Å². The van der Waals surface area contributed by atoms with Crippen LogP contribution in [0.15, 0.2) is 24.4 Å². The molecule has 3 heterocycles. The highest BCUT2D eigenvalue weighted by atomic mass is 32.2. The summed E-state index contributed by atoms with van der Waals surface area (Å²) in [6.07, 6.45) is 2.61. The molecule has 2 saturated heterocycles. The summed E-state index contributed by atoms with van der Waals surface area (Å²) in [5.41, 5.74) is 0.551. The summed E-state index contributed by atoms with van der Waals surface area (Å²) in [7, 11) is 0. The van der Waals surface area contributed by atoms with E-state index in [2.05, 4.69) is 4.98 Å². The van der Waals surface area contributed by atoms with E-state index in [0.29, 0.717) is 17.0 Å². The van der Waals surface area contributed by atoms with E-state index in [-0.39, 0.29) is 5.91 Å². The third kappa shape index (κ3) is 2.24. The van der Waals surface area contributed by atoms with Gasteiger partial charge in [-0.1, -0.05) is 6.07 Å². The van der Waals surface area contributed by atoms with Crippen LogP contribution in [0.25, 0.3) is 0 Å². The lowest BCUT2D eigenvalue weighted by molar-refractivity contribution is 0.0315. The quantitative estimate of drug-likeness (QED) is 0.769. The fourth-order valence-corrected chi connectivity index (χ4v) is 3.88. The van der Waals surface area contributed by atoms with E-state index < -0.39 is 0 Å². The molecule has 18 heavy (non-hydrogen) atoms. The molecule has 2 aliphatic rings. The monoisotopic (exact) mass is 264 g/mol. The van der Waals surface area contributed by atoms with Crippen molar-refractivity contribution in [3.63, 3.8) is 0 Å². The molecule has 3 rings (SSSR count). The van der Waals surface area contributed by atoms with Crippen LogP contribution in [0.4, 0.5) is 0 Å². The van der Waals surface area contributed by atoms with Crippen molar-refractivity contribution in [1.82, 2.24) is 9.88 Å². The lowest BCUT2D eigenvalue weighted by atomic mass is 10.1. The summed E-state index contributed by atoms with van der Waals surface area (Å²) < 4.78 is 5.50. The van der Waals surface area contributed by atoms with Gasteiger partial charge in [-0.3, -0.25) is 9.78 Å². The number of carbonyl (C=O) groups excluding carboxylic acids is 1. The summed E-state index contributed by atoms with van der Waals surface area (Å²) in [4.78, 5) is 18.6. The third-order valence-corrected chi connectivity index (χ3v) is 4.78. The van der Waals surface area contributed by atoms with Crippen LogP contribution in [-0.4, -0.2) is 52.6 Å². The lowest BCUT2D eigenvalue weighted by Crippen LogP contribution is -2.54. The van der Waals surface area contributed by atoms with Crippen molar-refractivity contribution < 1.29 is 9.53 Å². The molecule has 1 aromatic rings. The van der Waals surface area contributed by atoms with Crippen molar-refractivity contribution in [3.8, 4) is 0 Å². The average molecular weight is 264 g/mol. The molecule has 2 unspecified atom stereocenters. The molecule has 1 amide bonds. The molecule has 0 spiro atoms. The Morgan fingerprint density at radius 3 is 3.28 bits per heavy atom. The van der Waals surface area contributed by atoms with Gasteiger partial charge in [-0.15, -0.1) is 0 Å². The van der Waals surface area contributed by atoms with E-state index in [0.717, 1.165) is 31.9 Å². The summed E-state index contributed by atoms with van der Waals surface area (Å²) in [6, 6.07) is 5.80. The number of hydrogen-bond acceptors (Lipinski definition) is 4. The van der Waals surface area contributed by atoms with Gasteiger partial charge in [0, 0.05) is 36.4 Å². The van der Waals surface area contributed by atoms with E-state index >= 15 is 0 Å². The SMILES string of the molecule is O=C(c1ccccn1)N1CCSC2COCCC21. The number of ether oxygens (including phenoxy) is 1. The van der Waals surface area contributed by atoms with Crippen molar-refractivity contribution in [2.45, 2.75) is 17.7 Å². The molecule has 0 aliphatic carbocycles. The number of amides is 1. The molecule has 1 aromatic heterocycles. The number of carbonyl (C=O) groups is 1. The maximum Gasteiger partial charge on any atom is 0.272 e. The van der Waals surface area contributed by atoms with E-state index in [1.165, 1.54) is 0 Å². The highest BCUT2D eigenvalue weighted by Crippen LogP contribution is 2.30. The second-order valence-electron chi connectivity index (χ2n) is 4.55. The second kappa shape index (κ2) is 5.28. The smallest absolute Gasteiger partial charge is 0.272 e. The normalized spacial score (nSPS) is 27.7. The molecule has 0 aromatic carbocycles. The van der Waals surface area contributed by atoms with Crippen LogP contribution in [0.5, 0.6) is 0 Å². The van der Waals surface area contributed by atoms with E-state index in [4.69, 9.17) is 4.74 Å². The van der Waals surface area contributed by atoms with Crippen LogP contribution in [0, 0.1) is 0 Å². The van der Waals surface area contributed by atoms with Crippen molar-refractivity contribution in [2.24, 2.45) is 0 Å². The zero-order valence-corrected chi connectivity index (χ0v) is 10.9. The Balaban J connectivity index is 1.80. The highest BCUT2D eigenvalue weighted by Gasteiger charge is 2.37. The molecule has 0 radical (unpaired) electrons. The van der Waals surface area contributed by atoms with Gasteiger partial charge in [-0.25, -0.2) is 0 Å². The Labute approximate surface area is 111 Å². The maximum absolute atomic E-state index is 12.5. The molecule has 2 fully saturated rings. The number of thioether (sulfide) groups is 1. The van der Waals surface area contributed by atoms with Gasteiger partial charge in [0.2, 0.25) is 0 Å². The first-order valence-corrected chi connectivity index (χ1v) is 7.32. The fraction of sp³-hybridized carbons (Fsp3) is 0.538. The van der Waals surface area contributed by atoms with Gasteiger partial charge in [0.05, 0.1) is 6.61 Å². The van der Waals surface area contributed by atoms with Gasteiger partial charge < -0.3 is 9.64 Å². The van der Waals surface area contributed by atoms with Crippen LogP contribution in [-0.2, 0) is 4.74 Å². The van der Waals surface area contributed by atoms with Gasteiger partial charge in [-0.05, 0) is 18.6 Å². The van der Waals surface area contributed by atoms with Gasteiger partial charge in [0.1, 0.15) is 5.69 Å². The highest BCUT2D eigenvalue weighted by molar-refractivity contribution is 8.00. The van der Waals surface area contributed by atoms with E-state index in [9.17, 15) is 4.79 Å². The van der Waals surface area contributed by atoms with Crippen LogP contribution in [0.3, 0.4) is 0 Å². The van der Waals surface area contributed by atoms with E-state index in [1.54, 1.807) is 12.3 Å². The summed E-state index contributed by atoms with van der Waals surface area (Å²) >= 11 is 1.92.